The third kappa shape index (κ3) is 5.71. The van der Waals surface area contributed by atoms with Crippen LogP contribution < -0.4 is 15.8 Å². The molecule has 7 heteroatoms. The molecule has 106 valence electrons. The number of sulfonamides is 1. The highest BCUT2D eigenvalue weighted by Crippen LogP contribution is 2.15. The molecule has 0 saturated heterocycles. The molecule has 4 N–H and O–H groups in total. The fourth-order valence-electron chi connectivity index (χ4n) is 1.48. The van der Waals surface area contributed by atoms with Crippen molar-refractivity contribution in [2.24, 2.45) is 11.7 Å². The summed E-state index contributed by atoms with van der Waals surface area (Å²) in [5.74, 6) is -0.256. The molecule has 0 aliphatic heterocycles. The molecule has 0 aliphatic carbocycles. The lowest BCUT2D eigenvalue weighted by Gasteiger charge is -2.11. The first kappa shape index (κ1) is 15.5. The van der Waals surface area contributed by atoms with Gasteiger partial charge in [-0.15, -0.1) is 0 Å². The number of carbonyl (C=O) groups is 1. The van der Waals surface area contributed by atoms with E-state index >= 15 is 0 Å². The van der Waals surface area contributed by atoms with Crippen LogP contribution in [0.1, 0.15) is 13.3 Å². The Kier molecular flexibility index (Phi) is 5.31. The zero-order chi connectivity index (χ0) is 14.5. The summed E-state index contributed by atoms with van der Waals surface area (Å²) in [6, 6.07) is 6.45. The van der Waals surface area contributed by atoms with Gasteiger partial charge in [0.15, 0.2) is 0 Å². The number of nitrogens with two attached hydrogens (primary N) is 1. The summed E-state index contributed by atoms with van der Waals surface area (Å²) in [5, 5.41) is 2.74. The summed E-state index contributed by atoms with van der Waals surface area (Å²) in [6.45, 7) is 2.27. The van der Waals surface area contributed by atoms with Gasteiger partial charge < -0.3 is 11.1 Å². The Morgan fingerprint density at radius 1 is 1.26 bits per heavy atom. The first-order valence-electron chi connectivity index (χ1n) is 5.90. The number of hydrogen-bond donors (Lipinski definition) is 3. The second-order valence-electron chi connectivity index (χ2n) is 4.42. The van der Waals surface area contributed by atoms with Crippen LogP contribution in [0.5, 0.6) is 0 Å². The van der Waals surface area contributed by atoms with Crippen LogP contribution in [0.4, 0.5) is 11.4 Å². The van der Waals surface area contributed by atoms with Crippen LogP contribution in [-0.2, 0) is 14.8 Å². The molecule has 1 aromatic carbocycles. The van der Waals surface area contributed by atoms with Crippen LogP contribution in [0, 0.1) is 5.92 Å². The van der Waals surface area contributed by atoms with Crippen molar-refractivity contribution >= 4 is 27.3 Å². The Morgan fingerprint density at radius 2 is 1.79 bits per heavy atom. The van der Waals surface area contributed by atoms with E-state index in [1.54, 1.807) is 24.3 Å². The van der Waals surface area contributed by atoms with Gasteiger partial charge in [-0.2, -0.15) is 0 Å². The average molecular weight is 285 g/mol. The summed E-state index contributed by atoms with van der Waals surface area (Å²) in [6.07, 6.45) is 1.71. The minimum atomic E-state index is -3.29. The Bertz CT molecular complexity index is 526. The van der Waals surface area contributed by atoms with Crippen LogP contribution in [0.15, 0.2) is 24.3 Å². The summed E-state index contributed by atoms with van der Waals surface area (Å²) < 4.78 is 24.4. The van der Waals surface area contributed by atoms with E-state index in [1.807, 2.05) is 6.92 Å². The summed E-state index contributed by atoms with van der Waals surface area (Å²) in [7, 11) is -3.29. The third-order valence-electron chi connectivity index (χ3n) is 2.50. The number of amides is 1. The maximum atomic E-state index is 11.7. The number of hydrogen-bond acceptors (Lipinski definition) is 4. The van der Waals surface area contributed by atoms with Crippen molar-refractivity contribution in [1.29, 1.82) is 0 Å². The number of benzene rings is 1. The smallest absolute Gasteiger partial charge is 0.229 e. The molecule has 1 unspecified atom stereocenters. The first-order chi connectivity index (χ1) is 8.81. The number of rotatable bonds is 6. The molecule has 0 aromatic heterocycles. The van der Waals surface area contributed by atoms with Crippen LogP contribution in [0.3, 0.4) is 0 Å². The van der Waals surface area contributed by atoms with Crippen molar-refractivity contribution in [3.63, 3.8) is 0 Å². The van der Waals surface area contributed by atoms with Crippen LogP contribution in [0.2, 0.25) is 0 Å². The Hall–Kier alpha value is -1.60. The lowest BCUT2D eigenvalue weighted by atomic mass is 10.1. The van der Waals surface area contributed by atoms with Crippen LogP contribution >= 0.6 is 0 Å². The van der Waals surface area contributed by atoms with E-state index < -0.39 is 10.0 Å². The molecule has 0 bridgehead atoms. The van der Waals surface area contributed by atoms with Gasteiger partial charge in [0, 0.05) is 17.3 Å². The molecule has 0 radical (unpaired) electrons. The van der Waals surface area contributed by atoms with E-state index in [1.165, 1.54) is 0 Å². The average Bonchev–Trinajstić information content (AvgIpc) is 2.30. The standard InChI is InChI=1S/C12H19N3O3S/c1-9(7-8-13)12(16)14-10-3-5-11(6-4-10)15-19(2,17)18/h3-6,9,15H,7-8,13H2,1-2H3,(H,14,16). The Balaban J connectivity index is 2.64. The summed E-state index contributed by atoms with van der Waals surface area (Å²) in [4.78, 5) is 11.7. The van der Waals surface area contributed by atoms with Gasteiger partial charge in [0.1, 0.15) is 0 Å². The molecular weight excluding hydrogens is 266 g/mol. The zero-order valence-corrected chi connectivity index (χ0v) is 11.8. The van der Waals surface area contributed by atoms with E-state index in [0.717, 1.165) is 6.26 Å². The largest absolute Gasteiger partial charge is 0.330 e. The van der Waals surface area contributed by atoms with E-state index in [4.69, 9.17) is 5.73 Å². The van der Waals surface area contributed by atoms with Crippen molar-refractivity contribution in [2.45, 2.75) is 13.3 Å². The monoisotopic (exact) mass is 285 g/mol. The molecule has 0 heterocycles. The van der Waals surface area contributed by atoms with Crippen LogP contribution in [-0.4, -0.2) is 27.1 Å². The van der Waals surface area contributed by atoms with Gasteiger partial charge >= 0.3 is 0 Å². The van der Waals surface area contributed by atoms with Gasteiger partial charge in [-0.25, -0.2) is 8.42 Å². The van der Waals surface area contributed by atoms with Crippen LogP contribution in [0.25, 0.3) is 0 Å². The Morgan fingerprint density at radius 3 is 2.26 bits per heavy atom. The Labute approximate surface area is 113 Å². The molecule has 1 atom stereocenters. The maximum Gasteiger partial charge on any atom is 0.229 e. The first-order valence-corrected chi connectivity index (χ1v) is 7.80. The molecule has 1 rings (SSSR count). The third-order valence-corrected chi connectivity index (χ3v) is 3.11. The number of carbonyl (C=O) groups excluding carboxylic acids is 1. The highest BCUT2D eigenvalue weighted by Gasteiger charge is 2.11. The zero-order valence-electron chi connectivity index (χ0n) is 11.0. The van der Waals surface area contributed by atoms with Gasteiger partial charge in [0.05, 0.1) is 6.26 Å². The second-order valence-corrected chi connectivity index (χ2v) is 6.17. The second kappa shape index (κ2) is 6.53. The molecule has 0 spiro atoms. The van der Waals surface area contributed by atoms with Gasteiger partial charge in [0.25, 0.3) is 0 Å². The van der Waals surface area contributed by atoms with Gasteiger partial charge in [-0.05, 0) is 37.2 Å². The highest BCUT2D eigenvalue weighted by atomic mass is 32.2. The van der Waals surface area contributed by atoms with Crippen molar-refractivity contribution in [3.8, 4) is 0 Å². The minimum Gasteiger partial charge on any atom is -0.330 e. The summed E-state index contributed by atoms with van der Waals surface area (Å²) in [5.41, 5.74) is 6.47. The number of anilines is 2. The predicted octanol–water partition coefficient (Wildman–Crippen LogP) is 0.981. The van der Waals surface area contributed by atoms with Gasteiger partial charge in [0.2, 0.25) is 15.9 Å². The molecule has 1 aromatic rings. The van der Waals surface area contributed by atoms with Crippen molar-refractivity contribution in [3.05, 3.63) is 24.3 Å². The molecule has 0 fully saturated rings. The maximum absolute atomic E-state index is 11.7. The molecule has 6 nitrogen and oxygen atoms in total. The highest BCUT2D eigenvalue weighted by molar-refractivity contribution is 7.92. The summed E-state index contributed by atoms with van der Waals surface area (Å²) >= 11 is 0. The van der Waals surface area contributed by atoms with Gasteiger partial charge in [-0.3, -0.25) is 9.52 Å². The fraction of sp³-hybridized carbons (Fsp3) is 0.417. The molecule has 0 aliphatic rings. The topological polar surface area (TPSA) is 101 Å². The van der Waals surface area contributed by atoms with E-state index in [9.17, 15) is 13.2 Å². The molecule has 0 saturated carbocycles. The lowest BCUT2D eigenvalue weighted by Crippen LogP contribution is -2.22. The van der Waals surface area contributed by atoms with E-state index in [-0.39, 0.29) is 11.8 Å². The normalized spacial score (nSPS) is 12.8. The van der Waals surface area contributed by atoms with Crippen molar-refractivity contribution in [2.75, 3.05) is 22.8 Å². The number of nitrogens with one attached hydrogen (secondary N) is 2. The predicted molar refractivity (Wildman–Crippen MR) is 76.4 cm³/mol. The van der Waals surface area contributed by atoms with Gasteiger partial charge in [-0.1, -0.05) is 6.92 Å². The van der Waals surface area contributed by atoms with E-state index in [2.05, 4.69) is 10.0 Å². The molecule has 1 amide bonds. The van der Waals surface area contributed by atoms with Crippen molar-refractivity contribution < 1.29 is 13.2 Å². The lowest BCUT2D eigenvalue weighted by molar-refractivity contribution is -0.119. The van der Waals surface area contributed by atoms with Crippen molar-refractivity contribution in [1.82, 2.24) is 0 Å². The molecule has 19 heavy (non-hydrogen) atoms. The minimum absolute atomic E-state index is 0.103. The quantitative estimate of drug-likeness (QED) is 0.725. The fourth-order valence-corrected chi connectivity index (χ4v) is 2.05. The SMILES string of the molecule is CC(CCN)C(=O)Nc1ccc(NS(C)(=O)=O)cc1. The van der Waals surface area contributed by atoms with E-state index in [0.29, 0.717) is 24.3 Å². The molecular formula is C12H19N3O3S.